The summed E-state index contributed by atoms with van der Waals surface area (Å²) in [5.41, 5.74) is 6.97. The van der Waals surface area contributed by atoms with E-state index in [-0.39, 0.29) is 36.3 Å². The van der Waals surface area contributed by atoms with Gasteiger partial charge < -0.3 is 21.1 Å². The highest BCUT2D eigenvalue weighted by Gasteiger charge is 2.32. The Kier molecular flexibility index (Phi) is 8.98. The molecule has 0 aromatic heterocycles. The number of nitrogens with two attached hydrogens (primary N) is 1. The smallest absolute Gasteiger partial charge is 0.303 e. The van der Waals surface area contributed by atoms with Crippen molar-refractivity contribution in [2.24, 2.45) is 11.7 Å². The van der Waals surface area contributed by atoms with Crippen LogP contribution in [0.4, 0.5) is 0 Å². The van der Waals surface area contributed by atoms with Crippen molar-refractivity contribution in [1.29, 1.82) is 5.41 Å². The topological polar surface area (TPSA) is 137 Å². The standard InChI is InChI=1S/C28H36N4O4/c1-28(2,18-24(33)32-14-12-20(13-15-32)17-25(34)35)31-23(16-19-6-4-3-5-7-19)26(36)21-8-10-22(11-9-21)27(29)30/h3-11,20,23,31H,12-18H2,1-2H3,(H3,29,30)(H,34,35). The lowest BCUT2D eigenvalue weighted by atomic mass is 9.90. The highest BCUT2D eigenvalue weighted by molar-refractivity contribution is 6.02. The highest BCUT2D eigenvalue weighted by Crippen LogP contribution is 2.23. The van der Waals surface area contributed by atoms with Crippen LogP contribution in [0.3, 0.4) is 0 Å². The number of amidine groups is 1. The molecule has 1 aliphatic rings. The number of piperidine rings is 1. The van der Waals surface area contributed by atoms with Crippen LogP contribution in [0.2, 0.25) is 0 Å². The largest absolute Gasteiger partial charge is 0.481 e. The Morgan fingerprint density at radius 2 is 1.64 bits per heavy atom. The average molecular weight is 493 g/mol. The lowest BCUT2D eigenvalue weighted by Gasteiger charge is -2.36. The fraction of sp³-hybridized carbons (Fsp3) is 0.429. The minimum atomic E-state index is -0.796. The van der Waals surface area contributed by atoms with Gasteiger partial charge in [0.1, 0.15) is 5.84 Å². The van der Waals surface area contributed by atoms with Crippen LogP contribution in [0, 0.1) is 11.3 Å². The second-order valence-electron chi connectivity index (χ2n) is 10.2. The van der Waals surface area contributed by atoms with E-state index < -0.39 is 17.6 Å². The Balaban J connectivity index is 1.70. The number of Topliss-reactive ketones (excluding diaryl/α,β-unsaturated/α-hetero) is 1. The van der Waals surface area contributed by atoms with E-state index in [0.717, 1.165) is 5.56 Å². The molecule has 8 heteroatoms. The molecule has 1 saturated heterocycles. The molecule has 2 aromatic carbocycles. The Morgan fingerprint density at radius 1 is 1.06 bits per heavy atom. The second-order valence-corrected chi connectivity index (χ2v) is 10.2. The predicted molar refractivity (Wildman–Crippen MR) is 139 cm³/mol. The lowest BCUT2D eigenvalue weighted by Crippen LogP contribution is -2.53. The molecule has 0 spiro atoms. The fourth-order valence-electron chi connectivity index (χ4n) is 4.72. The number of nitrogen functional groups attached to an aromatic ring is 1. The second kappa shape index (κ2) is 11.9. The molecule has 8 nitrogen and oxygen atoms in total. The Bertz CT molecular complexity index is 1070. The Labute approximate surface area is 212 Å². The van der Waals surface area contributed by atoms with Crippen molar-refractivity contribution in [3.63, 3.8) is 0 Å². The van der Waals surface area contributed by atoms with E-state index in [4.69, 9.17) is 16.2 Å². The van der Waals surface area contributed by atoms with E-state index >= 15 is 0 Å². The molecule has 36 heavy (non-hydrogen) atoms. The first-order chi connectivity index (χ1) is 17.0. The summed E-state index contributed by atoms with van der Waals surface area (Å²) in [6, 6.07) is 15.9. The minimum absolute atomic E-state index is 0.00186. The molecule has 0 aliphatic carbocycles. The molecule has 1 heterocycles. The lowest BCUT2D eigenvalue weighted by molar-refractivity contribution is -0.138. The summed E-state index contributed by atoms with van der Waals surface area (Å²) in [5.74, 6) is -0.836. The van der Waals surface area contributed by atoms with Crippen molar-refractivity contribution in [2.45, 2.75) is 57.5 Å². The van der Waals surface area contributed by atoms with Gasteiger partial charge >= 0.3 is 5.97 Å². The van der Waals surface area contributed by atoms with Crippen LogP contribution in [0.1, 0.15) is 61.0 Å². The number of nitrogens with zero attached hydrogens (tertiary/aromatic N) is 1. The van der Waals surface area contributed by atoms with Crippen molar-refractivity contribution in [2.75, 3.05) is 13.1 Å². The number of likely N-dealkylation sites (tertiary alicyclic amines) is 1. The van der Waals surface area contributed by atoms with Gasteiger partial charge in [0.05, 0.1) is 6.04 Å². The van der Waals surface area contributed by atoms with Crippen LogP contribution >= 0.6 is 0 Å². The van der Waals surface area contributed by atoms with Gasteiger partial charge in [0.25, 0.3) is 0 Å². The molecule has 192 valence electrons. The van der Waals surface area contributed by atoms with Gasteiger partial charge in [-0.05, 0) is 44.6 Å². The number of carbonyl (C=O) groups is 3. The van der Waals surface area contributed by atoms with Crippen LogP contribution in [-0.2, 0) is 16.0 Å². The van der Waals surface area contributed by atoms with E-state index in [9.17, 15) is 14.4 Å². The predicted octanol–water partition coefficient (Wildman–Crippen LogP) is 3.24. The third-order valence-corrected chi connectivity index (χ3v) is 6.67. The SMILES string of the molecule is CC(C)(CC(=O)N1CCC(CC(=O)O)CC1)NC(Cc1ccccc1)C(=O)c1ccc(C(=N)N)cc1. The zero-order valence-corrected chi connectivity index (χ0v) is 21.0. The maximum Gasteiger partial charge on any atom is 0.303 e. The zero-order valence-electron chi connectivity index (χ0n) is 21.0. The molecule has 1 aliphatic heterocycles. The maximum absolute atomic E-state index is 13.5. The van der Waals surface area contributed by atoms with Gasteiger partial charge in [0, 0.05) is 42.6 Å². The van der Waals surface area contributed by atoms with Crippen LogP contribution < -0.4 is 11.1 Å². The molecule has 1 amide bonds. The molecule has 1 fully saturated rings. The van der Waals surface area contributed by atoms with E-state index in [1.165, 1.54) is 0 Å². The number of aliphatic carboxylic acids is 1. The summed E-state index contributed by atoms with van der Waals surface area (Å²) in [4.78, 5) is 39.4. The summed E-state index contributed by atoms with van der Waals surface area (Å²) in [6.45, 7) is 4.96. The third-order valence-electron chi connectivity index (χ3n) is 6.67. The number of carbonyl (C=O) groups excluding carboxylic acids is 2. The number of hydrogen-bond acceptors (Lipinski definition) is 5. The molecule has 5 N–H and O–H groups in total. The van der Waals surface area contributed by atoms with Gasteiger partial charge in [-0.2, -0.15) is 0 Å². The molecule has 2 aromatic rings. The Morgan fingerprint density at radius 3 is 2.19 bits per heavy atom. The van der Waals surface area contributed by atoms with Crippen molar-refractivity contribution in [1.82, 2.24) is 10.2 Å². The summed E-state index contributed by atoms with van der Waals surface area (Å²) in [6.07, 6.45) is 2.21. The first-order valence-electron chi connectivity index (χ1n) is 12.3. The van der Waals surface area contributed by atoms with Crippen molar-refractivity contribution < 1.29 is 19.5 Å². The maximum atomic E-state index is 13.5. The monoisotopic (exact) mass is 492 g/mol. The fourth-order valence-corrected chi connectivity index (χ4v) is 4.72. The van der Waals surface area contributed by atoms with Gasteiger partial charge in [-0.15, -0.1) is 0 Å². The molecule has 0 bridgehead atoms. The van der Waals surface area contributed by atoms with Crippen molar-refractivity contribution >= 4 is 23.5 Å². The van der Waals surface area contributed by atoms with Crippen molar-refractivity contribution in [3.8, 4) is 0 Å². The average Bonchev–Trinajstić information content (AvgIpc) is 2.83. The number of ketones is 1. The number of hydrogen-bond donors (Lipinski definition) is 4. The third kappa shape index (κ3) is 7.75. The number of amides is 1. The van der Waals surface area contributed by atoms with Gasteiger partial charge in [0.15, 0.2) is 5.78 Å². The summed E-state index contributed by atoms with van der Waals surface area (Å²) in [5, 5.41) is 20.0. The molecular formula is C28H36N4O4. The zero-order chi connectivity index (χ0) is 26.3. The van der Waals surface area contributed by atoms with Crippen LogP contribution in [0.5, 0.6) is 0 Å². The van der Waals surface area contributed by atoms with Gasteiger partial charge in [-0.3, -0.25) is 19.8 Å². The molecule has 0 radical (unpaired) electrons. The van der Waals surface area contributed by atoms with E-state index in [2.05, 4.69) is 5.32 Å². The van der Waals surface area contributed by atoms with Gasteiger partial charge in [-0.25, -0.2) is 0 Å². The number of carboxylic acid groups (broad SMARTS) is 1. The normalized spacial score (nSPS) is 15.3. The number of rotatable bonds is 11. The number of carboxylic acids is 1. The molecule has 0 saturated carbocycles. The van der Waals surface area contributed by atoms with Crippen molar-refractivity contribution in [3.05, 3.63) is 71.3 Å². The van der Waals surface area contributed by atoms with E-state index in [0.29, 0.717) is 43.5 Å². The first kappa shape index (κ1) is 27.1. The van der Waals surface area contributed by atoms with Crippen LogP contribution in [0.15, 0.2) is 54.6 Å². The molecule has 1 unspecified atom stereocenters. The quantitative estimate of drug-likeness (QED) is 0.216. The van der Waals surface area contributed by atoms with E-state index in [1.807, 2.05) is 44.2 Å². The Hall–Kier alpha value is -3.52. The van der Waals surface area contributed by atoms with Gasteiger partial charge in [-0.1, -0.05) is 54.6 Å². The van der Waals surface area contributed by atoms with Crippen LogP contribution in [0.25, 0.3) is 0 Å². The molecule has 3 rings (SSSR count). The van der Waals surface area contributed by atoms with E-state index in [1.54, 1.807) is 29.2 Å². The number of benzene rings is 2. The molecular weight excluding hydrogens is 456 g/mol. The van der Waals surface area contributed by atoms with Crippen LogP contribution in [-0.4, -0.2) is 58.2 Å². The summed E-state index contributed by atoms with van der Waals surface area (Å²) >= 11 is 0. The van der Waals surface area contributed by atoms with Gasteiger partial charge in [0.2, 0.25) is 5.91 Å². The summed E-state index contributed by atoms with van der Waals surface area (Å²) < 4.78 is 0. The molecule has 1 atom stereocenters. The highest BCUT2D eigenvalue weighted by atomic mass is 16.4. The number of nitrogens with one attached hydrogen (secondary N) is 2. The minimum Gasteiger partial charge on any atom is -0.481 e. The first-order valence-corrected chi connectivity index (χ1v) is 12.3. The summed E-state index contributed by atoms with van der Waals surface area (Å²) in [7, 11) is 0.